The molecule has 2 amide bonds. The van der Waals surface area contributed by atoms with Gasteiger partial charge in [-0.1, -0.05) is 30.9 Å². The van der Waals surface area contributed by atoms with Crippen LogP contribution in [-0.4, -0.2) is 58.8 Å². The van der Waals surface area contributed by atoms with Crippen LogP contribution in [-0.2, 0) is 16.1 Å². The monoisotopic (exact) mass is 500 g/mol. The second kappa shape index (κ2) is 11.1. The SMILES string of the molecule is CNC(C)C(=O)NC(C(=O)N1CCCC1Cn1cc(C(C)=O)c2cc(Cl)ccc21)C1CCCCC1. The van der Waals surface area contributed by atoms with Crippen molar-refractivity contribution in [2.24, 2.45) is 5.92 Å². The lowest BCUT2D eigenvalue weighted by molar-refractivity contribution is -0.139. The average Bonchev–Trinajstić information content (AvgIpc) is 3.46. The molecule has 1 saturated heterocycles. The van der Waals surface area contributed by atoms with Gasteiger partial charge >= 0.3 is 0 Å². The van der Waals surface area contributed by atoms with Crippen molar-refractivity contribution in [2.45, 2.75) is 83.5 Å². The lowest BCUT2D eigenvalue weighted by Gasteiger charge is -2.35. The highest BCUT2D eigenvalue weighted by Crippen LogP contribution is 2.31. The summed E-state index contributed by atoms with van der Waals surface area (Å²) in [6.07, 6.45) is 9.03. The zero-order valence-corrected chi connectivity index (χ0v) is 21.7. The number of ketones is 1. The molecule has 0 bridgehead atoms. The molecule has 1 aliphatic heterocycles. The Hall–Kier alpha value is -2.38. The van der Waals surface area contributed by atoms with Crippen molar-refractivity contribution in [3.63, 3.8) is 0 Å². The van der Waals surface area contributed by atoms with Gasteiger partial charge < -0.3 is 20.1 Å². The number of rotatable bonds is 8. The standard InChI is InChI=1S/C27H37ClN4O3/c1-17(29-3)26(34)30-25(19-8-5-4-6-9-19)27(35)32-13-7-10-21(32)15-31-16-23(18(2)33)22-14-20(28)11-12-24(22)31/h11-12,14,16-17,19,21,25,29H,4-10,13,15H2,1-3H3,(H,30,34). The van der Waals surface area contributed by atoms with Gasteiger partial charge in [0, 0.05) is 46.8 Å². The molecule has 2 aliphatic rings. The number of nitrogens with one attached hydrogen (secondary N) is 2. The smallest absolute Gasteiger partial charge is 0.245 e. The predicted molar refractivity (Wildman–Crippen MR) is 139 cm³/mol. The fraction of sp³-hybridized carbons (Fsp3) is 0.593. The van der Waals surface area contributed by atoms with E-state index < -0.39 is 6.04 Å². The second-order valence-electron chi connectivity index (χ2n) is 10.1. The molecule has 3 atom stereocenters. The molecule has 7 nitrogen and oxygen atoms in total. The number of Topliss-reactive ketones (excluding diaryl/α,β-unsaturated/α-hetero) is 1. The number of fused-ring (bicyclic) bond motifs is 1. The van der Waals surface area contributed by atoms with Crippen molar-refractivity contribution >= 4 is 40.1 Å². The number of nitrogens with zero attached hydrogens (tertiary/aromatic N) is 2. The van der Waals surface area contributed by atoms with Gasteiger partial charge in [0.05, 0.1) is 6.04 Å². The maximum absolute atomic E-state index is 13.9. The lowest BCUT2D eigenvalue weighted by Crippen LogP contribution is -2.56. The van der Waals surface area contributed by atoms with E-state index in [4.69, 9.17) is 11.6 Å². The Morgan fingerprint density at radius 2 is 1.86 bits per heavy atom. The van der Waals surface area contributed by atoms with Crippen LogP contribution in [0.5, 0.6) is 0 Å². The third-order valence-corrected chi connectivity index (χ3v) is 8.04. The van der Waals surface area contributed by atoms with E-state index in [0.717, 1.165) is 49.4 Å². The van der Waals surface area contributed by atoms with Gasteiger partial charge in [0.2, 0.25) is 11.8 Å². The molecule has 4 rings (SSSR count). The van der Waals surface area contributed by atoms with Crippen LogP contribution >= 0.6 is 11.6 Å². The number of carbonyl (C=O) groups is 3. The molecular formula is C27H37ClN4O3. The fourth-order valence-corrected chi connectivity index (χ4v) is 5.85. The molecule has 2 fully saturated rings. The number of hydrogen-bond acceptors (Lipinski definition) is 4. The van der Waals surface area contributed by atoms with Crippen molar-refractivity contribution in [1.29, 1.82) is 0 Å². The molecule has 1 saturated carbocycles. The fourth-order valence-electron chi connectivity index (χ4n) is 5.68. The Kier molecular flexibility index (Phi) is 8.17. The first-order valence-electron chi connectivity index (χ1n) is 12.9. The van der Waals surface area contributed by atoms with Crippen molar-refractivity contribution in [3.05, 3.63) is 35.0 Å². The summed E-state index contributed by atoms with van der Waals surface area (Å²) < 4.78 is 2.08. The third-order valence-electron chi connectivity index (χ3n) is 7.80. The minimum Gasteiger partial charge on any atom is -0.345 e. The van der Waals surface area contributed by atoms with Gasteiger partial charge in [0.1, 0.15) is 6.04 Å². The molecular weight excluding hydrogens is 464 g/mol. The summed E-state index contributed by atoms with van der Waals surface area (Å²) in [6, 6.07) is 4.77. The zero-order valence-electron chi connectivity index (χ0n) is 21.0. The Morgan fingerprint density at radius 3 is 2.54 bits per heavy atom. The van der Waals surface area contributed by atoms with Gasteiger partial charge in [-0.25, -0.2) is 0 Å². The summed E-state index contributed by atoms with van der Waals surface area (Å²) in [6.45, 7) is 4.67. The normalized spacial score (nSPS) is 20.7. The topological polar surface area (TPSA) is 83.4 Å². The Labute approximate surface area is 212 Å². The van der Waals surface area contributed by atoms with Crippen LogP contribution in [0.1, 0.15) is 69.2 Å². The molecule has 35 heavy (non-hydrogen) atoms. The quantitative estimate of drug-likeness (QED) is 0.533. The van der Waals surface area contributed by atoms with Gasteiger partial charge in [-0.3, -0.25) is 14.4 Å². The Morgan fingerprint density at radius 1 is 1.11 bits per heavy atom. The van der Waals surface area contributed by atoms with Crippen LogP contribution in [0.25, 0.3) is 10.9 Å². The van der Waals surface area contributed by atoms with E-state index in [2.05, 4.69) is 15.2 Å². The van der Waals surface area contributed by atoms with Crippen LogP contribution in [0, 0.1) is 5.92 Å². The molecule has 1 aromatic carbocycles. The van der Waals surface area contributed by atoms with Crippen LogP contribution in [0.3, 0.4) is 0 Å². The number of amides is 2. The number of benzene rings is 1. The van der Waals surface area contributed by atoms with Gasteiger partial charge in [-0.15, -0.1) is 0 Å². The number of hydrogen-bond donors (Lipinski definition) is 2. The molecule has 190 valence electrons. The third kappa shape index (κ3) is 5.56. The molecule has 0 spiro atoms. The molecule has 1 aromatic heterocycles. The lowest BCUT2D eigenvalue weighted by atomic mass is 9.83. The maximum Gasteiger partial charge on any atom is 0.245 e. The summed E-state index contributed by atoms with van der Waals surface area (Å²) in [7, 11) is 1.75. The molecule has 0 radical (unpaired) electrons. The van der Waals surface area contributed by atoms with E-state index >= 15 is 0 Å². The summed E-state index contributed by atoms with van der Waals surface area (Å²) in [5.74, 6) is 0.0624. The number of aromatic nitrogens is 1. The minimum absolute atomic E-state index is 0.00546. The zero-order chi connectivity index (χ0) is 25.1. The molecule has 8 heteroatoms. The van der Waals surface area contributed by atoms with Gasteiger partial charge in [0.15, 0.2) is 5.78 Å². The van der Waals surface area contributed by atoms with Crippen molar-refractivity contribution in [1.82, 2.24) is 20.1 Å². The first-order valence-corrected chi connectivity index (χ1v) is 13.3. The van der Waals surface area contributed by atoms with E-state index in [1.807, 2.05) is 36.2 Å². The summed E-state index contributed by atoms with van der Waals surface area (Å²) in [4.78, 5) is 40.9. The van der Waals surface area contributed by atoms with Gasteiger partial charge in [0.25, 0.3) is 0 Å². The van der Waals surface area contributed by atoms with Crippen LogP contribution < -0.4 is 10.6 Å². The second-order valence-corrected chi connectivity index (χ2v) is 10.6. The first-order chi connectivity index (χ1) is 16.8. The Balaban J connectivity index is 1.58. The van der Waals surface area contributed by atoms with Gasteiger partial charge in [-0.05, 0) is 70.7 Å². The summed E-state index contributed by atoms with van der Waals surface area (Å²) in [5.41, 5.74) is 1.59. The molecule has 2 aromatic rings. The van der Waals surface area contributed by atoms with E-state index in [9.17, 15) is 14.4 Å². The predicted octanol–water partition coefficient (Wildman–Crippen LogP) is 4.16. The van der Waals surface area contributed by atoms with Crippen LogP contribution in [0.4, 0.5) is 0 Å². The van der Waals surface area contributed by atoms with Crippen molar-refractivity contribution in [2.75, 3.05) is 13.6 Å². The van der Waals surface area contributed by atoms with E-state index in [1.54, 1.807) is 14.0 Å². The van der Waals surface area contributed by atoms with Crippen molar-refractivity contribution < 1.29 is 14.4 Å². The molecule has 3 unspecified atom stereocenters. The summed E-state index contributed by atoms with van der Waals surface area (Å²) in [5, 5.41) is 7.51. The van der Waals surface area contributed by atoms with E-state index in [1.165, 1.54) is 6.42 Å². The maximum atomic E-state index is 13.9. The number of likely N-dealkylation sites (tertiary alicyclic amines) is 1. The van der Waals surface area contributed by atoms with Crippen LogP contribution in [0.15, 0.2) is 24.4 Å². The number of likely N-dealkylation sites (N-methyl/N-ethyl adjacent to an activating group) is 1. The highest BCUT2D eigenvalue weighted by molar-refractivity contribution is 6.31. The van der Waals surface area contributed by atoms with E-state index in [-0.39, 0.29) is 35.6 Å². The number of halogens is 1. The highest BCUT2D eigenvalue weighted by atomic mass is 35.5. The number of carbonyl (C=O) groups excluding carboxylic acids is 3. The molecule has 2 N–H and O–H groups in total. The van der Waals surface area contributed by atoms with E-state index in [0.29, 0.717) is 23.7 Å². The average molecular weight is 501 g/mol. The van der Waals surface area contributed by atoms with Gasteiger partial charge in [-0.2, -0.15) is 0 Å². The Bertz CT molecular complexity index is 1090. The molecule has 1 aliphatic carbocycles. The largest absolute Gasteiger partial charge is 0.345 e. The van der Waals surface area contributed by atoms with Crippen LogP contribution in [0.2, 0.25) is 5.02 Å². The molecule has 2 heterocycles. The minimum atomic E-state index is -0.493. The highest BCUT2D eigenvalue weighted by Gasteiger charge is 2.38. The first kappa shape index (κ1) is 25.7. The van der Waals surface area contributed by atoms with Crippen molar-refractivity contribution in [3.8, 4) is 0 Å². The summed E-state index contributed by atoms with van der Waals surface area (Å²) >= 11 is 6.21.